The first-order valence-electron chi connectivity index (χ1n) is 7.96. The van der Waals surface area contributed by atoms with Crippen LogP contribution in [0.1, 0.15) is 18.1 Å². The monoisotopic (exact) mass is 355 g/mol. The molecule has 0 aromatic heterocycles. The maximum atomic E-state index is 10.8. The van der Waals surface area contributed by atoms with E-state index >= 15 is 0 Å². The standard InChI is InChI=1S/C20H18ClNO3/c1-13(2)19-12-25-20(15-5-7-16(21)8-6-15)18(19)11-14-3-9-17(10-4-14)22(23)24/h3-10,19H,1,11-12H2,2H3. The fraction of sp³-hybridized carbons (Fsp3) is 0.200. The van der Waals surface area contributed by atoms with Gasteiger partial charge in [0, 0.05) is 28.6 Å². The van der Waals surface area contributed by atoms with Crippen LogP contribution in [0.2, 0.25) is 5.02 Å². The quantitative estimate of drug-likeness (QED) is 0.408. The first-order valence-corrected chi connectivity index (χ1v) is 8.34. The number of non-ortho nitro benzene ring substituents is 1. The summed E-state index contributed by atoms with van der Waals surface area (Å²) in [7, 11) is 0. The minimum absolute atomic E-state index is 0.0924. The highest BCUT2D eigenvalue weighted by Gasteiger charge is 2.28. The molecule has 1 aliphatic rings. The Morgan fingerprint density at radius 2 is 1.88 bits per heavy atom. The first-order chi connectivity index (χ1) is 12.0. The SMILES string of the molecule is C=C(C)C1COC(c2ccc(Cl)cc2)=C1Cc1ccc([N+](=O)[O-])cc1. The van der Waals surface area contributed by atoms with Crippen LogP contribution in [0, 0.1) is 16.0 Å². The summed E-state index contributed by atoms with van der Waals surface area (Å²) in [6.07, 6.45) is 0.660. The molecule has 0 N–H and O–H groups in total. The van der Waals surface area contributed by atoms with Gasteiger partial charge in [-0.05, 0) is 48.7 Å². The number of ether oxygens (including phenoxy) is 1. The minimum Gasteiger partial charge on any atom is -0.492 e. The lowest BCUT2D eigenvalue weighted by Crippen LogP contribution is -2.07. The van der Waals surface area contributed by atoms with Crippen molar-refractivity contribution in [2.24, 2.45) is 5.92 Å². The molecule has 128 valence electrons. The van der Waals surface area contributed by atoms with Gasteiger partial charge in [0.2, 0.25) is 0 Å². The molecule has 3 rings (SSSR count). The molecule has 0 saturated heterocycles. The van der Waals surface area contributed by atoms with Crippen molar-refractivity contribution < 1.29 is 9.66 Å². The van der Waals surface area contributed by atoms with Gasteiger partial charge in [0.1, 0.15) is 5.76 Å². The lowest BCUT2D eigenvalue weighted by Gasteiger charge is -2.13. The van der Waals surface area contributed by atoms with E-state index in [0.717, 1.165) is 28.0 Å². The topological polar surface area (TPSA) is 52.4 Å². The van der Waals surface area contributed by atoms with E-state index in [0.29, 0.717) is 18.1 Å². The van der Waals surface area contributed by atoms with Crippen LogP contribution in [-0.2, 0) is 11.2 Å². The minimum atomic E-state index is -0.391. The van der Waals surface area contributed by atoms with E-state index in [1.54, 1.807) is 12.1 Å². The summed E-state index contributed by atoms with van der Waals surface area (Å²) in [5.41, 5.74) is 4.26. The van der Waals surface area contributed by atoms with Crippen LogP contribution in [0.25, 0.3) is 5.76 Å². The Kier molecular flexibility index (Phi) is 4.91. The fourth-order valence-corrected chi connectivity index (χ4v) is 3.11. The van der Waals surface area contributed by atoms with Gasteiger partial charge in [0.15, 0.2) is 0 Å². The summed E-state index contributed by atoms with van der Waals surface area (Å²) < 4.78 is 5.97. The Morgan fingerprint density at radius 3 is 2.44 bits per heavy atom. The van der Waals surface area contributed by atoms with Crippen molar-refractivity contribution >= 4 is 23.0 Å². The van der Waals surface area contributed by atoms with E-state index in [-0.39, 0.29) is 11.6 Å². The van der Waals surface area contributed by atoms with Crippen molar-refractivity contribution in [2.45, 2.75) is 13.3 Å². The Morgan fingerprint density at radius 1 is 1.24 bits per heavy atom. The Labute approximate surface area is 151 Å². The molecule has 0 saturated carbocycles. The van der Waals surface area contributed by atoms with Gasteiger partial charge in [0.25, 0.3) is 5.69 Å². The smallest absolute Gasteiger partial charge is 0.269 e. The maximum Gasteiger partial charge on any atom is 0.269 e. The molecule has 25 heavy (non-hydrogen) atoms. The Hall–Kier alpha value is -2.59. The molecule has 0 radical (unpaired) electrons. The van der Waals surface area contributed by atoms with Gasteiger partial charge in [-0.1, -0.05) is 35.9 Å². The van der Waals surface area contributed by atoms with E-state index in [1.807, 2.05) is 31.2 Å². The molecule has 0 fully saturated rings. The number of rotatable bonds is 5. The number of halogens is 1. The summed E-state index contributed by atoms with van der Waals surface area (Å²) >= 11 is 5.98. The number of nitro groups is 1. The highest BCUT2D eigenvalue weighted by Crippen LogP contribution is 2.38. The third-order valence-corrected chi connectivity index (χ3v) is 4.60. The third kappa shape index (κ3) is 3.74. The van der Waals surface area contributed by atoms with E-state index in [1.165, 1.54) is 12.1 Å². The molecular weight excluding hydrogens is 338 g/mol. The normalized spacial score (nSPS) is 16.6. The van der Waals surface area contributed by atoms with Crippen LogP contribution in [0.5, 0.6) is 0 Å². The predicted molar refractivity (Wildman–Crippen MR) is 99.4 cm³/mol. The van der Waals surface area contributed by atoms with E-state index < -0.39 is 4.92 Å². The first kappa shape index (κ1) is 17.2. The highest BCUT2D eigenvalue weighted by molar-refractivity contribution is 6.30. The van der Waals surface area contributed by atoms with Gasteiger partial charge in [0.05, 0.1) is 11.5 Å². The molecule has 1 unspecified atom stereocenters. The number of benzene rings is 2. The average molecular weight is 356 g/mol. The molecule has 0 amide bonds. The predicted octanol–water partition coefficient (Wildman–Crippen LogP) is 5.42. The van der Waals surface area contributed by atoms with E-state index in [9.17, 15) is 10.1 Å². The van der Waals surface area contributed by atoms with Crippen molar-refractivity contribution in [3.63, 3.8) is 0 Å². The molecule has 1 aliphatic heterocycles. The third-order valence-electron chi connectivity index (χ3n) is 4.35. The average Bonchev–Trinajstić information content (AvgIpc) is 3.00. The van der Waals surface area contributed by atoms with Crippen molar-refractivity contribution in [1.82, 2.24) is 0 Å². The Bertz CT molecular complexity index is 838. The molecule has 2 aromatic rings. The zero-order valence-corrected chi connectivity index (χ0v) is 14.6. The molecule has 1 atom stereocenters. The number of nitro benzene ring substituents is 1. The molecule has 0 aliphatic carbocycles. The van der Waals surface area contributed by atoms with Gasteiger partial charge >= 0.3 is 0 Å². The van der Waals surface area contributed by atoms with Crippen LogP contribution in [0.3, 0.4) is 0 Å². The maximum absolute atomic E-state index is 10.8. The van der Waals surface area contributed by atoms with Crippen LogP contribution in [0.4, 0.5) is 5.69 Å². The van der Waals surface area contributed by atoms with Crippen LogP contribution in [-0.4, -0.2) is 11.5 Å². The fourth-order valence-electron chi connectivity index (χ4n) is 2.99. The van der Waals surface area contributed by atoms with Crippen molar-refractivity contribution in [3.05, 3.63) is 92.5 Å². The molecule has 5 heteroatoms. The molecule has 0 bridgehead atoms. The molecule has 0 spiro atoms. The lowest BCUT2D eigenvalue weighted by atomic mass is 9.88. The van der Waals surface area contributed by atoms with Gasteiger partial charge in [-0.15, -0.1) is 0 Å². The second-order valence-corrected chi connectivity index (χ2v) is 6.61. The summed E-state index contributed by atoms with van der Waals surface area (Å²) in [5, 5.41) is 11.5. The van der Waals surface area contributed by atoms with E-state index in [2.05, 4.69) is 6.58 Å². The molecular formula is C20H18ClNO3. The second kappa shape index (κ2) is 7.11. The molecule has 4 nitrogen and oxygen atoms in total. The largest absolute Gasteiger partial charge is 0.492 e. The van der Waals surface area contributed by atoms with Crippen LogP contribution < -0.4 is 0 Å². The van der Waals surface area contributed by atoms with Crippen LogP contribution >= 0.6 is 11.6 Å². The number of hydrogen-bond acceptors (Lipinski definition) is 3. The van der Waals surface area contributed by atoms with E-state index in [4.69, 9.17) is 16.3 Å². The number of hydrogen-bond donors (Lipinski definition) is 0. The Balaban J connectivity index is 1.96. The number of nitrogens with zero attached hydrogens (tertiary/aromatic N) is 1. The van der Waals surface area contributed by atoms with Crippen molar-refractivity contribution in [2.75, 3.05) is 6.61 Å². The molecule has 1 heterocycles. The van der Waals surface area contributed by atoms with Gasteiger partial charge in [-0.2, -0.15) is 0 Å². The van der Waals surface area contributed by atoms with Gasteiger partial charge in [-0.3, -0.25) is 10.1 Å². The second-order valence-electron chi connectivity index (χ2n) is 6.17. The summed E-state index contributed by atoms with van der Waals surface area (Å²) in [4.78, 5) is 10.4. The summed E-state index contributed by atoms with van der Waals surface area (Å²) in [5.74, 6) is 0.990. The van der Waals surface area contributed by atoms with Gasteiger partial charge in [-0.25, -0.2) is 0 Å². The molecule has 2 aromatic carbocycles. The van der Waals surface area contributed by atoms with Crippen molar-refractivity contribution in [3.8, 4) is 0 Å². The summed E-state index contributed by atoms with van der Waals surface area (Å²) in [6, 6.07) is 14.2. The highest BCUT2D eigenvalue weighted by atomic mass is 35.5. The zero-order valence-electron chi connectivity index (χ0n) is 13.9. The van der Waals surface area contributed by atoms with Crippen molar-refractivity contribution in [1.29, 1.82) is 0 Å². The zero-order chi connectivity index (χ0) is 18.0. The lowest BCUT2D eigenvalue weighted by molar-refractivity contribution is -0.384. The summed E-state index contributed by atoms with van der Waals surface area (Å²) in [6.45, 7) is 6.64. The van der Waals surface area contributed by atoms with Crippen LogP contribution in [0.15, 0.2) is 66.3 Å². The van der Waals surface area contributed by atoms with Gasteiger partial charge < -0.3 is 4.74 Å².